The molecule has 0 aromatic heterocycles. The molecular formula is C27H44N4O5. The lowest BCUT2D eigenvalue weighted by Gasteiger charge is -2.35. The number of benzene rings is 1. The van der Waals surface area contributed by atoms with Crippen LogP contribution in [-0.2, 0) is 19.1 Å². The van der Waals surface area contributed by atoms with Crippen LogP contribution in [0, 0.1) is 13.8 Å². The van der Waals surface area contributed by atoms with Gasteiger partial charge < -0.3 is 26.0 Å². The molecule has 0 bridgehead atoms. The van der Waals surface area contributed by atoms with Gasteiger partial charge in [0.1, 0.15) is 17.7 Å². The molecule has 0 saturated heterocycles. The third kappa shape index (κ3) is 9.87. The van der Waals surface area contributed by atoms with Crippen molar-refractivity contribution in [3.05, 3.63) is 34.9 Å². The molecule has 202 valence electrons. The number of primary amides is 1. The second kappa shape index (κ2) is 14.5. The van der Waals surface area contributed by atoms with Gasteiger partial charge in [0.25, 0.3) is 0 Å². The lowest BCUT2D eigenvalue weighted by molar-refractivity contribution is -0.142. The van der Waals surface area contributed by atoms with E-state index in [1.807, 2.05) is 45.9 Å². The summed E-state index contributed by atoms with van der Waals surface area (Å²) < 4.78 is 5.34. The predicted molar refractivity (Wildman–Crippen MR) is 140 cm³/mol. The Kier molecular flexibility index (Phi) is 12.4. The van der Waals surface area contributed by atoms with Crippen molar-refractivity contribution < 1.29 is 23.9 Å². The van der Waals surface area contributed by atoms with E-state index in [9.17, 15) is 19.2 Å². The summed E-state index contributed by atoms with van der Waals surface area (Å²) in [5.41, 5.74) is 7.20. The maximum absolute atomic E-state index is 13.9. The van der Waals surface area contributed by atoms with Gasteiger partial charge in [-0.05, 0) is 70.6 Å². The molecule has 9 heteroatoms. The van der Waals surface area contributed by atoms with Crippen LogP contribution >= 0.6 is 0 Å². The van der Waals surface area contributed by atoms with E-state index in [-0.39, 0.29) is 25.3 Å². The fourth-order valence-electron chi connectivity index (χ4n) is 3.81. The smallest absolute Gasteiger partial charge is 0.408 e. The highest BCUT2D eigenvalue weighted by atomic mass is 16.6. The first-order valence-corrected chi connectivity index (χ1v) is 12.7. The lowest BCUT2D eigenvalue weighted by Crippen LogP contribution is -2.53. The van der Waals surface area contributed by atoms with Crippen molar-refractivity contribution in [2.75, 3.05) is 13.1 Å². The van der Waals surface area contributed by atoms with Crippen molar-refractivity contribution >= 4 is 23.8 Å². The number of carbonyl (C=O) groups is 4. The molecule has 0 spiro atoms. The Morgan fingerprint density at radius 1 is 1.08 bits per heavy atom. The number of aryl methyl sites for hydroxylation is 1. The molecule has 0 heterocycles. The second-order valence-corrected chi connectivity index (χ2v) is 10.1. The van der Waals surface area contributed by atoms with Gasteiger partial charge in [-0.2, -0.15) is 0 Å². The molecule has 0 radical (unpaired) electrons. The summed E-state index contributed by atoms with van der Waals surface area (Å²) in [6.07, 6.45) is 1.42. The van der Waals surface area contributed by atoms with E-state index in [1.54, 1.807) is 20.8 Å². The van der Waals surface area contributed by atoms with E-state index >= 15 is 0 Å². The maximum Gasteiger partial charge on any atom is 0.408 e. The van der Waals surface area contributed by atoms with Crippen LogP contribution in [-0.4, -0.2) is 53.4 Å². The van der Waals surface area contributed by atoms with Gasteiger partial charge >= 0.3 is 6.09 Å². The Hall–Kier alpha value is -3.10. The largest absolute Gasteiger partial charge is 0.444 e. The van der Waals surface area contributed by atoms with Gasteiger partial charge in [-0.3, -0.25) is 14.4 Å². The van der Waals surface area contributed by atoms with Crippen molar-refractivity contribution in [3.8, 4) is 0 Å². The van der Waals surface area contributed by atoms with E-state index < -0.39 is 35.6 Å². The number of nitrogens with zero attached hydrogens (tertiary/aromatic N) is 1. The number of nitrogens with two attached hydrogens (primary N) is 1. The summed E-state index contributed by atoms with van der Waals surface area (Å²) in [6, 6.07) is 3.68. The quantitative estimate of drug-likeness (QED) is 0.353. The van der Waals surface area contributed by atoms with E-state index in [0.29, 0.717) is 13.0 Å². The van der Waals surface area contributed by atoms with Gasteiger partial charge in [-0.25, -0.2) is 4.79 Å². The normalized spacial score (nSPS) is 12.9. The number of hydrogen-bond acceptors (Lipinski definition) is 5. The minimum atomic E-state index is -1.09. The zero-order chi connectivity index (χ0) is 27.5. The number of hydrogen-bond donors (Lipinski definition) is 3. The second-order valence-electron chi connectivity index (χ2n) is 10.1. The number of amides is 4. The number of alkyl carbamates (subject to hydrolysis) is 1. The first kappa shape index (κ1) is 30.9. The molecule has 1 aromatic carbocycles. The van der Waals surface area contributed by atoms with Crippen LogP contribution in [0.15, 0.2) is 18.2 Å². The molecule has 0 aliphatic carbocycles. The molecule has 9 nitrogen and oxygen atoms in total. The van der Waals surface area contributed by atoms with Crippen molar-refractivity contribution in [1.29, 1.82) is 0 Å². The van der Waals surface area contributed by atoms with Crippen LogP contribution in [0.2, 0.25) is 0 Å². The summed E-state index contributed by atoms with van der Waals surface area (Å²) in [4.78, 5) is 53.0. The van der Waals surface area contributed by atoms with Crippen molar-refractivity contribution in [1.82, 2.24) is 15.5 Å². The van der Waals surface area contributed by atoms with E-state index in [1.165, 1.54) is 4.90 Å². The summed E-state index contributed by atoms with van der Waals surface area (Å²) in [5, 5.41) is 5.56. The van der Waals surface area contributed by atoms with Crippen LogP contribution in [0.4, 0.5) is 4.79 Å². The van der Waals surface area contributed by atoms with Crippen molar-refractivity contribution in [2.45, 2.75) is 98.3 Å². The average Bonchev–Trinajstić information content (AvgIpc) is 2.77. The van der Waals surface area contributed by atoms with Crippen LogP contribution in [0.25, 0.3) is 0 Å². The number of ether oxygens (including phenoxy) is 1. The van der Waals surface area contributed by atoms with E-state index in [0.717, 1.165) is 29.5 Å². The topological polar surface area (TPSA) is 131 Å². The van der Waals surface area contributed by atoms with Gasteiger partial charge in [-0.1, -0.05) is 38.5 Å². The van der Waals surface area contributed by atoms with Gasteiger partial charge in [0.15, 0.2) is 0 Å². The molecule has 2 atom stereocenters. The Bertz CT molecular complexity index is 910. The Morgan fingerprint density at radius 3 is 2.31 bits per heavy atom. The molecule has 0 aliphatic heterocycles. The number of nitrogens with one attached hydrogen (secondary N) is 2. The number of carbonyl (C=O) groups excluding carboxylic acids is 4. The number of rotatable bonds is 13. The highest BCUT2D eigenvalue weighted by Gasteiger charge is 2.36. The zero-order valence-electron chi connectivity index (χ0n) is 22.9. The molecule has 1 rings (SSSR count). The summed E-state index contributed by atoms with van der Waals surface area (Å²) in [6.45, 7) is 13.7. The fourth-order valence-corrected chi connectivity index (χ4v) is 3.81. The zero-order valence-corrected chi connectivity index (χ0v) is 22.9. The minimum Gasteiger partial charge on any atom is -0.444 e. The molecule has 2 unspecified atom stereocenters. The number of unbranched alkanes of at least 4 members (excludes halogenated alkanes) is 1. The maximum atomic E-state index is 13.9. The molecule has 0 saturated carbocycles. The standard InChI is InChI=1S/C27H44N4O5/c1-8-10-16-29-24(33)23(20-13-11-12-18(3)19(20)4)31(17-9-2)25(34)21(14-15-22(28)32)30-26(35)36-27(5,6)7/h11-13,21,23H,8-10,14-17H2,1-7H3,(H2,28,32)(H,29,33)(H,30,35). The van der Waals surface area contributed by atoms with Crippen LogP contribution in [0.3, 0.4) is 0 Å². The third-order valence-electron chi connectivity index (χ3n) is 5.75. The highest BCUT2D eigenvalue weighted by molar-refractivity contribution is 5.92. The Morgan fingerprint density at radius 2 is 1.75 bits per heavy atom. The molecule has 0 aliphatic rings. The van der Waals surface area contributed by atoms with Gasteiger partial charge in [0.05, 0.1) is 0 Å². The molecule has 4 N–H and O–H groups in total. The summed E-state index contributed by atoms with van der Waals surface area (Å²) >= 11 is 0. The molecular weight excluding hydrogens is 460 g/mol. The summed E-state index contributed by atoms with van der Waals surface area (Å²) in [7, 11) is 0. The first-order valence-electron chi connectivity index (χ1n) is 12.7. The fraction of sp³-hybridized carbons (Fsp3) is 0.630. The summed E-state index contributed by atoms with van der Waals surface area (Å²) in [5.74, 6) is -1.35. The molecule has 0 fully saturated rings. The van der Waals surface area contributed by atoms with Crippen LogP contribution in [0.1, 0.15) is 89.5 Å². The minimum absolute atomic E-state index is 0.00933. The van der Waals surface area contributed by atoms with E-state index in [4.69, 9.17) is 10.5 Å². The SMILES string of the molecule is CCCCNC(=O)C(c1cccc(C)c1C)N(CCC)C(=O)C(CCC(N)=O)NC(=O)OC(C)(C)C. The van der Waals surface area contributed by atoms with Crippen molar-refractivity contribution in [3.63, 3.8) is 0 Å². The Labute approximate surface area is 215 Å². The van der Waals surface area contributed by atoms with Crippen LogP contribution < -0.4 is 16.4 Å². The van der Waals surface area contributed by atoms with Crippen LogP contribution in [0.5, 0.6) is 0 Å². The van der Waals surface area contributed by atoms with Gasteiger partial charge in [0.2, 0.25) is 17.7 Å². The molecule has 36 heavy (non-hydrogen) atoms. The molecule has 1 aromatic rings. The Balaban J connectivity index is 3.47. The first-order chi connectivity index (χ1) is 16.8. The van der Waals surface area contributed by atoms with Gasteiger partial charge in [-0.15, -0.1) is 0 Å². The van der Waals surface area contributed by atoms with E-state index in [2.05, 4.69) is 10.6 Å². The monoisotopic (exact) mass is 504 g/mol. The lowest BCUT2D eigenvalue weighted by atomic mass is 9.94. The van der Waals surface area contributed by atoms with Gasteiger partial charge in [0, 0.05) is 19.5 Å². The highest BCUT2D eigenvalue weighted by Crippen LogP contribution is 2.28. The molecule has 4 amide bonds. The van der Waals surface area contributed by atoms with Crippen molar-refractivity contribution in [2.24, 2.45) is 5.73 Å². The average molecular weight is 505 g/mol. The predicted octanol–water partition coefficient (Wildman–Crippen LogP) is 3.66. The third-order valence-corrected chi connectivity index (χ3v) is 5.75.